The van der Waals surface area contributed by atoms with Gasteiger partial charge >= 0.3 is 11.9 Å². The third-order valence-electron chi connectivity index (χ3n) is 7.64. The highest BCUT2D eigenvalue weighted by Crippen LogP contribution is 2.43. The van der Waals surface area contributed by atoms with Gasteiger partial charge in [0, 0.05) is 49.5 Å². The molecule has 1 aromatic carbocycles. The van der Waals surface area contributed by atoms with Crippen molar-refractivity contribution >= 4 is 16.9 Å². The number of nitrogens with zero attached hydrogens (tertiary/aromatic N) is 7. The second-order valence-corrected chi connectivity index (χ2v) is 11.5. The second-order valence-electron chi connectivity index (χ2n) is 10.5. The van der Waals surface area contributed by atoms with Crippen molar-refractivity contribution in [2.45, 2.75) is 44.4 Å². The first-order valence-corrected chi connectivity index (χ1v) is 13.9. The SMILES string of the molecule is CN(Cc1cc(C(F)(F)F)c2cn(-c3cccc([C@H](c4nncn4C)C4CCC4)c3)c(=O)n2c1)Cc1cncs1. The number of thiazole rings is 1. The summed E-state index contributed by atoms with van der Waals surface area (Å²) in [5, 5.41) is 8.41. The van der Waals surface area contributed by atoms with E-state index >= 15 is 0 Å². The zero-order valence-electron chi connectivity index (χ0n) is 22.0. The molecule has 6 rings (SSSR count). The van der Waals surface area contributed by atoms with Gasteiger partial charge in [-0.1, -0.05) is 18.6 Å². The predicted molar refractivity (Wildman–Crippen MR) is 145 cm³/mol. The molecule has 5 aromatic rings. The number of fused-ring (bicyclic) bond motifs is 1. The number of aryl methyl sites for hydroxylation is 1. The van der Waals surface area contributed by atoms with Gasteiger partial charge in [-0.15, -0.1) is 21.5 Å². The fourth-order valence-electron chi connectivity index (χ4n) is 5.54. The quantitative estimate of drug-likeness (QED) is 0.256. The highest BCUT2D eigenvalue weighted by Gasteiger charge is 2.35. The molecular formula is C28H28F3N7OS. The molecule has 1 saturated carbocycles. The highest BCUT2D eigenvalue weighted by molar-refractivity contribution is 7.09. The second kappa shape index (κ2) is 10.3. The molecule has 0 amide bonds. The molecule has 1 atom stereocenters. The first-order valence-electron chi connectivity index (χ1n) is 13.0. The summed E-state index contributed by atoms with van der Waals surface area (Å²) >= 11 is 1.48. The third kappa shape index (κ3) is 4.97. The molecule has 4 aromatic heterocycles. The average molecular weight is 568 g/mol. The standard InChI is InChI=1S/C28H28F3N7OS/c1-35(14-22-11-32-17-40-22)12-18-9-23(28(29,30)31)24-15-37(27(39)38(24)13-18)21-8-4-7-20(10-21)25(19-5-3-6-19)26-34-33-16-36(26)2/h4,7-11,13,15-17,19,25H,3,5-6,12,14H2,1-2H3/t25-/m1/s1. The Bertz CT molecular complexity index is 1700. The molecule has 1 fully saturated rings. The smallest absolute Gasteiger partial charge is 0.320 e. The van der Waals surface area contributed by atoms with Gasteiger partial charge in [0.25, 0.3) is 0 Å². The van der Waals surface area contributed by atoms with Crippen molar-refractivity contribution in [2.75, 3.05) is 7.05 Å². The number of rotatable bonds is 8. The Balaban J connectivity index is 1.41. The maximum atomic E-state index is 14.2. The number of benzene rings is 1. The zero-order valence-corrected chi connectivity index (χ0v) is 22.9. The summed E-state index contributed by atoms with van der Waals surface area (Å²) in [7, 11) is 3.73. The molecule has 0 spiro atoms. The molecular weight excluding hydrogens is 539 g/mol. The maximum absolute atomic E-state index is 14.2. The first-order chi connectivity index (χ1) is 19.2. The molecule has 0 N–H and O–H groups in total. The van der Waals surface area contributed by atoms with Crippen LogP contribution in [-0.4, -0.2) is 40.7 Å². The minimum Gasteiger partial charge on any atom is -0.320 e. The van der Waals surface area contributed by atoms with Crippen LogP contribution in [0.3, 0.4) is 0 Å². The van der Waals surface area contributed by atoms with Crippen LogP contribution in [0.25, 0.3) is 11.2 Å². The van der Waals surface area contributed by atoms with E-state index in [2.05, 4.69) is 15.2 Å². The number of alkyl halides is 3. The van der Waals surface area contributed by atoms with E-state index in [9.17, 15) is 18.0 Å². The molecule has 0 unspecified atom stereocenters. The van der Waals surface area contributed by atoms with Gasteiger partial charge in [-0.3, -0.25) is 18.9 Å². The van der Waals surface area contributed by atoms with Gasteiger partial charge in [0.2, 0.25) is 0 Å². The summed E-state index contributed by atoms with van der Waals surface area (Å²) in [5.41, 5.74) is 2.01. The largest absolute Gasteiger partial charge is 0.418 e. The number of aromatic nitrogens is 6. The van der Waals surface area contributed by atoms with E-state index in [-0.39, 0.29) is 18.0 Å². The topological polar surface area (TPSA) is 73.2 Å². The van der Waals surface area contributed by atoms with Gasteiger partial charge in [-0.2, -0.15) is 13.2 Å². The summed E-state index contributed by atoms with van der Waals surface area (Å²) in [4.78, 5) is 20.5. The van der Waals surface area contributed by atoms with Crippen molar-refractivity contribution in [1.82, 2.24) is 33.6 Å². The van der Waals surface area contributed by atoms with Gasteiger partial charge in [-0.25, -0.2) is 4.79 Å². The van der Waals surface area contributed by atoms with Crippen LogP contribution >= 0.6 is 11.3 Å². The molecule has 208 valence electrons. The zero-order chi connectivity index (χ0) is 28.0. The van der Waals surface area contributed by atoms with Gasteiger partial charge in [0.1, 0.15) is 12.2 Å². The summed E-state index contributed by atoms with van der Waals surface area (Å²) in [6.45, 7) is 0.783. The van der Waals surface area contributed by atoms with Crippen LogP contribution in [-0.2, 0) is 26.3 Å². The third-order valence-corrected chi connectivity index (χ3v) is 8.41. The van der Waals surface area contributed by atoms with Crippen molar-refractivity contribution in [3.05, 3.63) is 98.6 Å². The van der Waals surface area contributed by atoms with Crippen molar-refractivity contribution in [3.63, 3.8) is 0 Å². The summed E-state index contributed by atoms with van der Waals surface area (Å²) in [5.74, 6) is 1.22. The predicted octanol–water partition coefficient (Wildman–Crippen LogP) is 5.26. The van der Waals surface area contributed by atoms with Crippen LogP contribution < -0.4 is 5.69 Å². The summed E-state index contributed by atoms with van der Waals surface area (Å²) in [6.07, 6.45) is 4.84. The molecule has 40 heavy (non-hydrogen) atoms. The van der Waals surface area contributed by atoms with E-state index in [1.165, 1.54) is 28.3 Å². The van der Waals surface area contributed by atoms with Crippen LogP contribution in [0.5, 0.6) is 0 Å². The fourth-order valence-corrected chi connectivity index (χ4v) is 6.22. The average Bonchev–Trinajstić information content (AvgIpc) is 3.62. The normalized spacial score (nSPS) is 15.2. The highest BCUT2D eigenvalue weighted by atomic mass is 32.1. The van der Waals surface area contributed by atoms with Gasteiger partial charge in [0.05, 0.1) is 22.3 Å². The van der Waals surface area contributed by atoms with Crippen LogP contribution in [0, 0.1) is 5.92 Å². The van der Waals surface area contributed by atoms with E-state index in [0.29, 0.717) is 23.7 Å². The fraction of sp³-hybridized carbons (Fsp3) is 0.357. The van der Waals surface area contributed by atoms with Gasteiger partial charge in [-0.05, 0) is 55.1 Å². The number of hydrogen-bond acceptors (Lipinski definition) is 6. The molecule has 0 bridgehead atoms. The lowest BCUT2D eigenvalue weighted by Gasteiger charge is -2.33. The molecule has 4 heterocycles. The minimum atomic E-state index is -4.63. The first kappa shape index (κ1) is 26.5. The summed E-state index contributed by atoms with van der Waals surface area (Å²) < 4.78 is 47.0. The van der Waals surface area contributed by atoms with Crippen molar-refractivity contribution in [2.24, 2.45) is 13.0 Å². The van der Waals surface area contributed by atoms with Crippen LogP contribution in [0.4, 0.5) is 13.2 Å². The van der Waals surface area contributed by atoms with Crippen molar-refractivity contribution in [3.8, 4) is 5.69 Å². The Morgan fingerprint density at radius 1 is 1.18 bits per heavy atom. The molecule has 8 nitrogen and oxygen atoms in total. The Hall–Kier alpha value is -3.77. The van der Waals surface area contributed by atoms with E-state index in [1.54, 1.807) is 24.1 Å². The Labute approximate surface area is 232 Å². The lowest BCUT2D eigenvalue weighted by atomic mass is 9.72. The van der Waals surface area contributed by atoms with E-state index in [4.69, 9.17) is 0 Å². The monoisotopic (exact) mass is 567 g/mol. The minimum absolute atomic E-state index is 0.0136. The Morgan fingerprint density at radius 2 is 2.00 bits per heavy atom. The van der Waals surface area contributed by atoms with E-state index in [1.807, 2.05) is 41.8 Å². The lowest BCUT2D eigenvalue weighted by Crippen LogP contribution is -2.24. The Morgan fingerprint density at radius 3 is 2.65 bits per heavy atom. The lowest BCUT2D eigenvalue weighted by molar-refractivity contribution is -0.136. The van der Waals surface area contributed by atoms with Crippen LogP contribution in [0.1, 0.15) is 52.6 Å². The van der Waals surface area contributed by atoms with Crippen LogP contribution in [0.15, 0.2) is 65.6 Å². The molecule has 1 aliphatic rings. The maximum Gasteiger partial charge on any atom is 0.418 e. The molecule has 1 aliphatic carbocycles. The van der Waals surface area contributed by atoms with Crippen molar-refractivity contribution in [1.29, 1.82) is 0 Å². The van der Waals surface area contributed by atoms with Crippen LogP contribution in [0.2, 0.25) is 0 Å². The number of halogens is 3. The molecule has 0 saturated heterocycles. The van der Waals surface area contributed by atoms with E-state index < -0.39 is 17.4 Å². The van der Waals surface area contributed by atoms with Gasteiger partial charge in [0.15, 0.2) is 0 Å². The molecule has 12 heteroatoms. The molecule has 0 radical (unpaired) electrons. The van der Waals surface area contributed by atoms with Crippen molar-refractivity contribution < 1.29 is 13.2 Å². The number of imidazole rings is 1. The summed E-state index contributed by atoms with van der Waals surface area (Å²) in [6, 6.07) is 8.59. The Kier molecular flexibility index (Phi) is 6.83. The molecule has 0 aliphatic heterocycles. The number of hydrogen-bond donors (Lipinski definition) is 0. The van der Waals surface area contributed by atoms with E-state index in [0.717, 1.165) is 46.0 Å². The van der Waals surface area contributed by atoms with Gasteiger partial charge < -0.3 is 4.57 Å². The number of pyridine rings is 1.